The fraction of sp³-hybridized carbons (Fsp3) is 0.588. The van der Waals surface area contributed by atoms with Crippen LogP contribution in [0.5, 0.6) is 0 Å². The van der Waals surface area contributed by atoms with Gasteiger partial charge in [0.1, 0.15) is 11.1 Å². The molecule has 1 aromatic heterocycles. The predicted octanol–water partition coefficient (Wildman–Crippen LogP) is 1.65. The fourth-order valence-corrected chi connectivity index (χ4v) is 4.24. The highest BCUT2D eigenvalue weighted by Crippen LogP contribution is 2.37. The van der Waals surface area contributed by atoms with Crippen LogP contribution < -0.4 is 10.6 Å². The van der Waals surface area contributed by atoms with Gasteiger partial charge in [-0.2, -0.15) is 5.26 Å². The van der Waals surface area contributed by atoms with Crippen LogP contribution in [0.15, 0.2) is 0 Å². The van der Waals surface area contributed by atoms with Crippen molar-refractivity contribution >= 4 is 28.2 Å². The van der Waals surface area contributed by atoms with Gasteiger partial charge in [-0.05, 0) is 51.1 Å². The zero-order valence-electron chi connectivity index (χ0n) is 13.9. The molecule has 128 valence electrons. The number of carbonyl (C=O) groups is 2. The number of hydrogen-bond donors (Lipinski definition) is 2. The van der Waals surface area contributed by atoms with Crippen LogP contribution in [0, 0.1) is 11.3 Å². The molecule has 24 heavy (non-hydrogen) atoms. The van der Waals surface area contributed by atoms with Gasteiger partial charge in [0, 0.05) is 10.9 Å². The molecule has 0 bridgehead atoms. The summed E-state index contributed by atoms with van der Waals surface area (Å²) in [6, 6.07) is 2.57. The van der Waals surface area contributed by atoms with Crippen molar-refractivity contribution in [1.82, 2.24) is 10.2 Å². The van der Waals surface area contributed by atoms with E-state index in [1.54, 1.807) is 11.9 Å². The first-order valence-electron chi connectivity index (χ1n) is 8.39. The lowest BCUT2D eigenvalue weighted by molar-refractivity contribution is -0.123. The van der Waals surface area contributed by atoms with Crippen molar-refractivity contribution in [1.29, 1.82) is 5.26 Å². The van der Waals surface area contributed by atoms with Gasteiger partial charge in [-0.3, -0.25) is 14.5 Å². The van der Waals surface area contributed by atoms with E-state index in [0.717, 1.165) is 44.1 Å². The first-order valence-corrected chi connectivity index (χ1v) is 9.21. The molecule has 1 heterocycles. The average molecular weight is 346 g/mol. The molecule has 0 atom stereocenters. The number of nitriles is 1. The highest BCUT2D eigenvalue weighted by molar-refractivity contribution is 7.16. The number of carbonyl (C=O) groups excluding carboxylic acids is 2. The van der Waals surface area contributed by atoms with E-state index in [9.17, 15) is 14.9 Å². The Kier molecular flexibility index (Phi) is 5.17. The molecule has 0 radical (unpaired) electrons. The fourth-order valence-electron chi connectivity index (χ4n) is 2.99. The van der Waals surface area contributed by atoms with E-state index in [0.29, 0.717) is 16.6 Å². The number of aryl methyl sites for hydroxylation is 1. The second kappa shape index (κ2) is 7.32. The number of fused-ring (bicyclic) bond motifs is 1. The third-order valence-corrected chi connectivity index (χ3v) is 5.51. The molecule has 2 aliphatic carbocycles. The summed E-state index contributed by atoms with van der Waals surface area (Å²) in [7, 11) is 1.75. The summed E-state index contributed by atoms with van der Waals surface area (Å²) in [6.45, 7) is 0.335. The van der Waals surface area contributed by atoms with Gasteiger partial charge in [0.2, 0.25) is 11.8 Å². The summed E-state index contributed by atoms with van der Waals surface area (Å²) in [6.07, 6.45) is 6.26. The number of likely N-dealkylation sites (N-methyl/N-ethyl adjacent to an activating group) is 1. The lowest BCUT2D eigenvalue weighted by Crippen LogP contribution is -2.39. The third-order valence-electron chi connectivity index (χ3n) is 4.31. The van der Waals surface area contributed by atoms with Gasteiger partial charge in [-0.15, -0.1) is 11.3 Å². The molecule has 0 unspecified atom stereocenters. The van der Waals surface area contributed by atoms with E-state index in [2.05, 4.69) is 16.7 Å². The first-order chi connectivity index (χ1) is 11.6. The molecule has 0 aliphatic heterocycles. The summed E-state index contributed by atoms with van der Waals surface area (Å²) in [4.78, 5) is 26.9. The molecule has 7 heteroatoms. The molecular weight excluding hydrogens is 324 g/mol. The first kappa shape index (κ1) is 16.9. The highest BCUT2D eigenvalue weighted by atomic mass is 32.1. The Morgan fingerprint density at radius 2 is 1.96 bits per heavy atom. The minimum absolute atomic E-state index is 0.0444. The lowest BCUT2D eigenvalue weighted by Gasteiger charge is -2.15. The molecule has 1 saturated carbocycles. The van der Waals surface area contributed by atoms with Crippen LogP contribution in [0.2, 0.25) is 0 Å². The lowest BCUT2D eigenvalue weighted by atomic mass is 9.96. The van der Waals surface area contributed by atoms with Crippen LogP contribution in [0.4, 0.5) is 5.00 Å². The Morgan fingerprint density at radius 1 is 1.25 bits per heavy atom. The maximum absolute atomic E-state index is 12.2. The summed E-state index contributed by atoms with van der Waals surface area (Å²) in [5.41, 5.74) is 1.73. The molecule has 2 amide bonds. The van der Waals surface area contributed by atoms with Crippen LogP contribution in [0.3, 0.4) is 0 Å². The third kappa shape index (κ3) is 4.13. The number of nitrogens with zero attached hydrogens (tertiary/aromatic N) is 2. The molecule has 2 N–H and O–H groups in total. The Morgan fingerprint density at radius 3 is 2.67 bits per heavy atom. The minimum atomic E-state index is -0.188. The predicted molar refractivity (Wildman–Crippen MR) is 93.0 cm³/mol. The summed E-state index contributed by atoms with van der Waals surface area (Å²) >= 11 is 1.52. The molecule has 0 saturated heterocycles. The monoisotopic (exact) mass is 346 g/mol. The number of nitrogens with one attached hydrogen (secondary N) is 2. The van der Waals surface area contributed by atoms with Crippen molar-refractivity contribution in [3.05, 3.63) is 16.0 Å². The van der Waals surface area contributed by atoms with Crippen molar-refractivity contribution in [3.63, 3.8) is 0 Å². The maximum Gasteiger partial charge on any atom is 0.239 e. The van der Waals surface area contributed by atoms with Crippen molar-refractivity contribution in [2.75, 3.05) is 25.5 Å². The number of rotatable bonds is 6. The van der Waals surface area contributed by atoms with E-state index in [1.807, 2.05) is 0 Å². The van der Waals surface area contributed by atoms with Crippen LogP contribution in [0.25, 0.3) is 0 Å². The van der Waals surface area contributed by atoms with Crippen LogP contribution in [-0.4, -0.2) is 42.9 Å². The van der Waals surface area contributed by atoms with Gasteiger partial charge in [0.15, 0.2) is 0 Å². The van der Waals surface area contributed by atoms with Gasteiger partial charge in [-0.25, -0.2) is 0 Å². The highest BCUT2D eigenvalue weighted by Gasteiger charge is 2.24. The number of amides is 2. The molecule has 1 aromatic rings. The molecule has 6 nitrogen and oxygen atoms in total. The van der Waals surface area contributed by atoms with Gasteiger partial charge in [0.25, 0.3) is 0 Å². The summed E-state index contributed by atoms with van der Waals surface area (Å²) < 4.78 is 0. The average Bonchev–Trinajstić information content (AvgIpc) is 3.26. The number of anilines is 1. The molecule has 0 spiro atoms. The van der Waals surface area contributed by atoms with Crippen molar-refractivity contribution in [3.8, 4) is 6.07 Å². The standard InChI is InChI=1S/C17H22N4O2S/c1-21(9-15(22)19-11-6-7-11)10-16(23)20-17-13(8-18)12-4-2-3-5-14(12)24-17/h11H,2-7,9-10H2,1H3,(H,19,22)(H,20,23). The Labute approximate surface area is 145 Å². The van der Waals surface area contributed by atoms with Crippen molar-refractivity contribution < 1.29 is 9.59 Å². The maximum atomic E-state index is 12.2. The van der Waals surface area contributed by atoms with Crippen LogP contribution >= 0.6 is 11.3 Å². The zero-order valence-corrected chi connectivity index (χ0v) is 14.7. The van der Waals surface area contributed by atoms with Gasteiger partial charge in [-0.1, -0.05) is 0 Å². The van der Waals surface area contributed by atoms with E-state index >= 15 is 0 Å². The molecular formula is C17H22N4O2S. The second-order valence-corrected chi connectivity index (χ2v) is 7.69. The van der Waals surface area contributed by atoms with E-state index in [-0.39, 0.29) is 24.9 Å². The minimum Gasteiger partial charge on any atom is -0.352 e. The SMILES string of the molecule is CN(CC(=O)Nc1sc2c(c1C#N)CCCC2)CC(=O)NC1CC1. The number of hydrogen-bond acceptors (Lipinski definition) is 5. The van der Waals surface area contributed by atoms with Gasteiger partial charge < -0.3 is 10.6 Å². The molecule has 0 aromatic carbocycles. The largest absolute Gasteiger partial charge is 0.352 e. The second-order valence-electron chi connectivity index (χ2n) is 6.59. The van der Waals surface area contributed by atoms with Crippen LogP contribution in [0.1, 0.15) is 41.7 Å². The summed E-state index contributed by atoms with van der Waals surface area (Å²) in [5, 5.41) is 15.8. The quantitative estimate of drug-likeness (QED) is 0.820. The molecule has 1 fully saturated rings. The topological polar surface area (TPSA) is 85.2 Å². The Bertz CT molecular complexity index is 687. The van der Waals surface area contributed by atoms with Crippen LogP contribution in [-0.2, 0) is 22.4 Å². The zero-order chi connectivity index (χ0) is 17.1. The van der Waals surface area contributed by atoms with E-state index in [4.69, 9.17) is 0 Å². The Hall–Kier alpha value is -1.91. The number of thiophene rings is 1. The van der Waals surface area contributed by atoms with E-state index < -0.39 is 0 Å². The smallest absolute Gasteiger partial charge is 0.239 e. The molecule has 2 aliphatic rings. The van der Waals surface area contributed by atoms with Crippen molar-refractivity contribution in [2.45, 2.75) is 44.6 Å². The van der Waals surface area contributed by atoms with Crippen molar-refractivity contribution in [2.24, 2.45) is 0 Å². The van der Waals surface area contributed by atoms with Gasteiger partial charge >= 0.3 is 0 Å². The normalized spacial score (nSPS) is 16.4. The summed E-state index contributed by atoms with van der Waals surface area (Å²) in [5.74, 6) is -0.232. The Balaban J connectivity index is 1.55. The van der Waals surface area contributed by atoms with E-state index in [1.165, 1.54) is 16.2 Å². The van der Waals surface area contributed by atoms with Gasteiger partial charge in [0.05, 0.1) is 18.7 Å². The molecule has 3 rings (SSSR count).